The van der Waals surface area contributed by atoms with Crippen molar-refractivity contribution in [2.45, 2.75) is 6.42 Å². The highest BCUT2D eigenvalue weighted by molar-refractivity contribution is 5.99. The van der Waals surface area contributed by atoms with Gasteiger partial charge in [0.1, 0.15) is 5.56 Å². The average molecular weight is 373 g/mol. The van der Waals surface area contributed by atoms with E-state index in [2.05, 4.69) is 5.32 Å². The summed E-state index contributed by atoms with van der Waals surface area (Å²) < 4.78 is 10.2. The lowest BCUT2D eigenvalue weighted by Crippen LogP contribution is -2.26. The Morgan fingerprint density at radius 1 is 1.11 bits per heavy atom. The number of nitro groups is 1. The fourth-order valence-electron chi connectivity index (χ4n) is 2.58. The van der Waals surface area contributed by atoms with E-state index in [1.54, 1.807) is 0 Å². The maximum absolute atomic E-state index is 12.5. The summed E-state index contributed by atoms with van der Waals surface area (Å²) in [5.41, 5.74) is 1.74. The highest BCUT2D eigenvalue weighted by Crippen LogP contribution is 2.34. The fourth-order valence-corrected chi connectivity index (χ4v) is 2.58. The molecule has 0 bridgehead atoms. The average Bonchev–Trinajstić information content (AvgIpc) is 2.66. The molecule has 0 fully saturated rings. The highest BCUT2D eigenvalue weighted by atomic mass is 16.6. The lowest BCUT2D eigenvalue weighted by atomic mass is 10.1. The smallest absolute Gasteiger partial charge is 0.286 e. The van der Waals surface area contributed by atoms with Gasteiger partial charge in [-0.2, -0.15) is 0 Å². The van der Waals surface area contributed by atoms with Crippen molar-refractivity contribution in [1.82, 2.24) is 5.32 Å². The largest absolute Gasteiger partial charge is 0.493 e. The van der Waals surface area contributed by atoms with Gasteiger partial charge in [0.05, 0.1) is 25.2 Å². The Bertz CT molecular complexity index is 819. The van der Waals surface area contributed by atoms with E-state index in [1.165, 1.54) is 26.4 Å². The van der Waals surface area contributed by atoms with Gasteiger partial charge in [-0.15, -0.1) is 0 Å². The second kappa shape index (κ2) is 8.88. The second-order valence-electron chi connectivity index (χ2n) is 6.05. The molecular weight excluding hydrogens is 350 g/mol. The van der Waals surface area contributed by atoms with Crippen molar-refractivity contribution >= 4 is 17.3 Å². The van der Waals surface area contributed by atoms with Crippen molar-refractivity contribution in [2.24, 2.45) is 0 Å². The SMILES string of the molecule is COc1cc(C(=O)NCCc2ccc(N(C)C)cc2)c([N+](=O)[O-])cc1OC. The van der Waals surface area contributed by atoms with E-state index in [1.807, 2.05) is 43.3 Å². The van der Waals surface area contributed by atoms with Crippen molar-refractivity contribution in [1.29, 1.82) is 0 Å². The molecule has 0 aliphatic heterocycles. The van der Waals surface area contributed by atoms with Crippen LogP contribution < -0.4 is 19.7 Å². The zero-order chi connectivity index (χ0) is 20.0. The molecular formula is C19H23N3O5. The van der Waals surface area contributed by atoms with Crippen LogP contribution in [0.3, 0.4) is 0 Å². The number of methoxy groups -OCH3 is 2. The van der Waals surface area contributed by atoms with E-state index >= 15 is 0 Å². The lowest BCUT2D eigenvalue weighted by Gasteiger charge is -2.13. The Kier molecular flexibility index (Phi) is 6.59. The first-order valence-corrected chi connectivity index (χ1v) is 8.32. The van der Waals surface area contributed by atoms with E-state index in [9.17, 15) is 14.9 Å². The molecule has 0 spiro atoms. The van der Waals surface area contributed by atoms with Crippen LogP contribution in [-0.4, -0.2) is 45.7 Å². The van der Waals surface area contributed by atoms with Crippen LogP contribution in [0.15, 0.2) is 36.4 Å². The Balaban J connectivity index is 2.09. The zero-order valence-corrected chi connectivity index (χ0v) is 15.8. The fraction of sp³-hybridized carbons (Fsp3) is 0.316. The van der Waals surface area contributed by atoms with Crippen molar-refractivity contribution < 1.29 is 19.2 Å². The van der Waals surface area contributed by atoms with Crippen molar-refractivity contribution in [3.8, 4) is 11.5 Å². The predicted octanol–water partition coefficient (Wildman–Crippen LogP) is 2.65. The number of nitrogens with zero attached hydrogens (tertiary/aromatic N) is 2. The summed E-state index contributed by atoms with van der Waals surface area (Å²) in [5.74, 6) is -0.0816. The quantitative estimate of drug-likeness (QED) is 0.565. The van der Waals surface area contributed by atoms with Crippen LogP contribution in [0, 0.1) is 10.1 Å². The maximum atomic E-state index is 12.5. The number of nitro benzene ring substituents is 1. The zero-order valence-electron chi connectivity index (χ0n) is 15.8. The van der Waals surface area contributed by atoms with Gasteiger partial charge >= 0.3 is 0 Å². The molecule has 2 rings (SSSR count). The number of ether oxygens (including phenoxy) is 2. The Morgan fingerprint density at radius 2 is 1.70 bits per heavy atom. The van der Waals surface area contributed by atoms with Crippen LogP contribution in [0.25, 0.3) is 0 Å². The van der Waals surface area contributed by atoms with Gasteiger partial charge in [0, 0.05) is 32.4 Å². The molecule has 2 aromatic rings. The van der Waals surface area contributed by atoms with Crippen LogP contribution >= 0.6 is 0 Å². The van der Waals surface area contributed by atoms with E-state index in [0.29, 0.717) is 13.0 Å². The van der Waals surface area contributed by atoms with Crippen LogP contribution in [0.1, 0.15) is 15.9 Å². The monoisotopic (exact) mass is 373 g/mol. The molecule has 0 heterocycles. The third kappa shape index (κ3) is 4.87. The Morgan fingerprint density at radius 3 is 2.22 bits per heavy atom. The number of carbonyl (C=O) groups excluding carboxylic acids is 1. The minimum absolute atomic E-state index is 0.0689. The first-order chi connectivity index (χ1) is 12.9. The van der Waals surface area contributed by atoms with Gasteiger partial charge in [-0.05, 0) is 24.1 Å². The van der Waals surface area contributed by atoms with Crippen molar-refractivity contribution in [3.05, 3.63) is 57.6 Å². The van der Waals surface area contributed by atoms with Crippen LogP contribution in [-0.2, 0) is 6.42 Å². The summed E-state index contributed by atoms with van der Waals surface area (Å²) in [4.78, 5) is 25.1. The van der Waals surface area contributed by atoms with E-state index < -0.39 is 10.8 Å². The minimum Gasteiger partial charge on any atom is -0.493 e. The van der Waals surface area contributed by atoms with Gasteiger partial charge < -0.3 is 19.7 Å². The molecule has 0 saturated heterocycles. The Labute approximate surface area is 157 Å². The van der Waals surface area contributed by atoms with Gasteiger partial charge in [0.15, 0.2) is 11.5 Å². The van der Waals surface area contributed by atoms with Crippen LogP contribution in [0.4, 0.5) is 11.4 Å². The first kappa shape index (κ1) is 20.0. The number of hydrogen-bond acceptors (Lipinski definition) is 6. The van der Waals surface area contributed by atoms with Gasteiger partial charge in [0.25, 0.3) is 11.6 Å². The number of nitrogens with one attached hydrogen (secondary N) is 1. The minimum atomic E-state index is -0.614. The number of benzene rings is 2. The first-order valence-electron chi connectivity index (χ1n) is 8.32. The van der Waals surface area contributed by atoms with E-state index in [4.69, 9.17) is 9.47 Å². The molecule has 0 aromatic heterocycles. The number of amides is 1. The molecule has 0 saturated carbocycles. The number of anilines is 1. The van der Waals surface area contributed by atoms with Crippen LogP contribution in [0.2, 0.25) is 0 Å². The Hall–Kier alpha value is -3.29. The second-order valence-corrected chi connectivity index (χ2v) is 6.05. The summed E-state index contributed by atoms with van der Waals surface area (Å²) in [6, 6.07) is 10.5. The summed E-state index contributed by atoms with van der Waals surface area (Å²) in [6.45, 7) is 0.353. The molecule has 8 nitrogen and oxygen atoms in total. The standard InChI is InChI=1S/C19H23N3O5/c1-21(2)14-7-5-13(6-8-14)9-10-20-19(23)15-11-17(26-3)18(27-4)12-16(15)22(24)25/h5-8,11-12H,9-10H2,1-4H3,(H,20,23). The maximum Gasteiger partial charge on any atom is 0.286 e. The summed E-state index contributed by atoms with van der Waals surface area (Å²) in [5, 5.41) is 14.0. The molecule has 0 aliphatic rings. The van der Waals surface area contributed by atoms with Crippen molar-refractivity contribution in [3.63, 3.8) is 0 Å². The molecule has 27 heavy (non-hydrogen) atoms. The molecule has 0 atom stereocenters. The lowest BCUT2D eigenvalue weighted by molar-refractivity contribution is -0.385. The number of hydrogen-bond donors (Lipinski definition) is 1. The normalized spacial score (nSPS) is 10.2. The summed E-state index contributed by atoms with van der Waals surface area (Å²) in [6.07, 6.45) is 0.612. The highest BCUT2D eigenvalue weighted by Gasteiger charge is 2.24. The molecule has 0 unspecified atom stereocenters. The van der Waals surface area contributed by atoms with Gasteiger partial charge in [0.2, 0.25) is 0 Å². The van der Waals surface area contributed by atoms with Gasteiger partial charge in [-0.25, -0.2) is 0 Å². The summed E-state index contributed by atoms with van der Waals surface area (Å²) >= 11 is 0. The predicted molar refractivity (Wildman–Crippen MR) is 103 cm³/mol. The third-order valence-corrected chi connectivity index (χ3v) is 4.10. The van der Waals surface area contributed by atoms with Gasteiger partial charge in [-0.1, -0.05) is 12.1 Å². The molecule has 8 heteroatoms. The van der Waals surface area contributed by atoms with Crippen LogP contribution in [0.5, 0.6) is 11.5 Å². The molecule has 2 aromatic carbocycles. The molecule has 144 valence electrons. The number of carbonyl (C=O) groups is 1. The van der Waals surface area contributed by atoms with E-state index in [-0.39, 0.29) is 22.7 Å². The van der Waals surface area contributed by atoms with Crippen molar-refractivity contribution in [2.75, 3.05) is 39.8 Å². The topological polar surface area (TPSA) is 93.9 Å². The van der Waals surface area contributed by atoms with Gasteiger partial charge in [-0.3, -0.25) is 14.9 Å². The summed E-state index contributed by atoms with van der Waals surface area (Å²) in [7, 11) is 6.71. The molecule has 1 N–H and O–H groups in total. The molecule has 0 aliphatic carbocycles. The number of rotatable bonds is 8. The molecule has 1 amide bonds. The van der Waals surface area contributed by atoms with E-state index in [0.717, 1.165) is 11.3 Å². The third-order valence-electron chi connectivity index (χ3n) is 4.10. The molecule has 0 radical (unpaired) electrons.